The van der Waals surface area contributed by atoms with Gasteiger partial charge < -0.3 is 5.73 Å². The highest BCUT2D eigenvalue weighted by atomic mass is 14.9. The van der Waals surface area contributed by atoms with Crippen LogP contribution in [0.2, 0.25) is 0 Å². The molecule has 2 atom stereocenters. The first kappa shape index (κ1) is 9.66. The summed E-state index contributed by atoms with van der Waals surface area (Å²) in [5.41, 5.74) is 8.45. The number of hydrogen-bond donors (Lipinski definition) is 1. The van der Waals surface area contributed by atoms with Crippen molar-refractivity contribution in [3.8, 4) is 0 Å². The van der Waals surface area contributed by atoms with Crippen LogP contribution in [0.25, 0.3) is 0 Å². The highest BCUT2D eigenvalue weighted by molar-refractivity contribution is 5.27. The minimum atomic E-state index is -0.107. The molecule has 1 aliphatic rings. The molecule has 0 saturated heterocycles. The van der Waals surface area contributed by atoms with Gasteiger partial charge in [0.2, 0.25) is 0 Å². The monoisotopic (exact) mass is 190 g/mol. The number of nitrogens with zero attached hydrogens (tertiary/aromatic N) is 1. The average Bonchev–Trinajstić information content (AvgIpc) is 2.80. The zero-order valence-electron chi connectivity index (χ0n) is 8.96. The topological polar surface area (TPSA) is 38.9 Å². The summed E-state index contributed by atoms with van der Waals surface area (Å²) in [5.74, 6) is 0.655. The summed E-state index contributed by atoms with van der Waals surface area (Å²) in [4.78, 5) is 4.42. The van der Waals surface area contributed by atoms with Crippen molar-refractivity contribution in [3.05, 3.63) is 29.6 Å². The maximum Gasteiger partial charge on any atom is 0.0616 e. The smallest absolute Gasteiger partial charge is 0.0616 e. The zero-order chi connectivity index (χ0) is 10.2. The van der Waals surface area contributed by atoms with E-state index < -0.39 is 0 Å². The third-order valence-corrected chi connectivity index (χ3v) is 3.18. The van der Waals surface area contributed by atoms with Crippen molar-refractivity contribution in [2.45, 2.75) is 38.6 Å². The van der Waals surface area contributed by atoms with Gasteiger partial charge in [0.15, 0.2) is 0 Å². The Bertz CT molecular complexity index is 318. The van der Waals surface area contributed by atoms with E-state index in [1.165, 1.54) is 18.4 Å². The van der Waals surface area contributed by atoms with Crippen molar-refractivity contribution >= 4 is 0 Å². The molecule has 1 fully saturated rings. The van der Waals surface area contributed by atoms with Crippen molar-refractivity contribution in [1.82, 2.24) is 4.98 Å². The van der Waals surface area contributed by atoms with E-state index in [1.54, 1.807) is 0 Å². The van der Waals surface area contributed by atoms with Crippen molar-refractivity contribution in [3.63, 3.8) is 0 Å². The van der Waals surface area contributed by atoms with Gasteiger partial charge in [-0.15, -0.1) is 0 Å². The average molecular weight is 190 g/mol. The van der Waals surface area contributed by atoms with Crippen molar-refractivity contribution in [1.29, 1.82) is 0 Å². The number of hydrogen-bond acceptors (Lipinski definition) is 2. The molecule has 0 aromatic carbocycles. The Hall–Kier alpha value is -0.890. The molecule has 1 aliphatic carbocycles. The molecule has 1 aromatic heterocycles. The Kier molecular flexibility index (Phi) is 2.31. The highest BCUT2D eigenvalue weighted by Gasteiger charge is 2.52. The van der Waals surface area contributed by atoms with Gasteiger partial charge in [0.05, 0.1) is 11.2 Å². The molecule has 0 amide bonds. The fraction of sp³-hybridized carbons (Fsp3) is 0.583. The number of aromatic nitrogens is 1. The van der Waals surface area contributed by atoms with Gasteiger partial charge >= 0.3 is 0 Å². The summed E-state index contributed by atoms with van der Waals surface area (Å²) in [6.07, 6.45) is 5.46. The lowest BCUT2D eigenvalue weighted by Crippen LogP contribution is -2.23. The van der Waals surface area contributed by atoms with Gasteiger partial charge in [-0.3, -0.25) is 4.98 Å². The number of aryl methyl sites for hydroxylation is 1. The molecule has 2 N–H and O–H groups in total. The Balaban J connectivity index is 2.13. The van der Waals surface area contributed by atoms with Crippen LogP contribution in [0.1, 0.15) is 37.4 Å². The zero-order valence-corrected chi connectivity index (χ0v) is 8.96. The largest absolute Gasteiger partial charge is 0.320 e. The molecule has 0 aliphatic heterocycles. The molecular formula is C12H18N2. The predicted octanol–water partition coefficient (Wildman–Crippen LogP) is 2.36. The molecule has 76 valence electrons. The predicted molar refractivity (Wildman–Crippen MR) is 57.9 cm³/mol. The second-order valence-electron chi connectivity index (χ2n) is 4.45. The Labute approximate surface area is 85.5 Å². The molecule has 2 nitrogen and oxygen atoms in total. The van der Waals surface area contributed by atoms with Crippen LogP contribution in [0.5, 0.6) is 0 Å². The first-order valence-electron chi connectivity index (χ1n) is 5.39. The first-order valence-corrected chi connectivity index (χ1v) is 5.39. The van der Waals surface area contributed by atoms with Crippen LogP contribution >= 0.6 is 0 Å². The normalized spacial score (nSPS) is 30.4. The second-order valence-corrected chi connectivity index (χ2v) is 4.45. The van der Waals surface area contributed by atoms with Crippen LogP contribution in [-0.2, 0) is 5.54 Å². The fourth-order valence-corrected chi connectivity index (χ4v) is 2.11. The van der Waals surface area contributed by atoms with Gasteiger partial charge in [-0.1, -0.05) is 19.4 Å². The Morgan fingerprint density at radius 2 is 2.36 bits per heavy atom. The van der Waals surface area contributed by atoms with E-state index in [-0.39, 0.29) is 5.54 Å². The van der Waals surface area contributed by atoms with Crippen molar-refractivity contribution in [2.24, 2.45) is 11.7 Å². The molecule has 0 spiro atoms. The molecule has 0 bridgehead atoms. The lowest BCUT2D eigenvalue weighted by Gasteiger charge is -2.10. The van der Waals surface area contributed by atoms with Gasteiger partial charge in [0.1, 0.15) is 0 Å². The molecule has 1 saturated carbocycles. The minimum Gasteiger partial charge on any atom is -0.320 e. The number of pyridine rings is 1. The molecule has 0 radical (unpaired) electrons. The van der Waals surface area contributed by atoms with E-state index in [2.05, 4.69) is 31.0 Å². The standard InChI is InChI=1S/C12H18N2/c1-3-4-10-7-12(10,13)11-6-5-9(2)8-14-11/h5-6,8,10H,3-4,7,13H2,1-2H3. The number of nitrogens with two attached hydrogens (primary N) is 1. The minimum absolute atomic E-state index is 0.107. The van der Waals surface area contributed by atoms with Crippen LogP contribution in [0, 0.1) is 12.8 Å². The fourth-order valence-electron chi connectivity index (χ4n) is 2.11. The third kappa shape index (κ3) is 1.55. The van der Waals surface area contributed by atoms with E-state index in [0.717, 1.165) is 12.1 Å². The van der Waals surface area contributed by atoms with Crippen LogP contribution in [0.4, 0.5) is 0 Å². The van der Waals surface area contributed by atoms with Crippen LogP contribution < -0.4 is 5.73 Å². The summed E-state index contributed by atoms with van der Waals surface area (Å²) in [6.45, 7) is 4.26. The van der Waals surface area contributed by atoms with Crippen LogP contribution in [-0.4, -0.2) is 4.98 Å². The van der Waals surface area contributed by atoms with Crippen molar-refractivity contribution < 1.29 is 0 Å². The van der Waals surface area contributed by atoms with E-state index in [1.807, 2.05) is 6.20 Å². The first-order chi connectivity index (χ1) is 6.66. The second kappa shape index (κ2) is 3.35. The van der Waals surface area contributed by atoms with Crippen LogP contribution in [0.15, 0.2) is 18.3 Å². The SMILES string of the molecule is CCCC1CC1(N)c1ccc(C)cn1. The maximum absolute atomic E-state index is 6.29. The summed E-state index contributed by atoms with van der Waals surface area (Å²) in [6, 6.07) is 4.17. The third-order valence-electron chi connectivity index (χ3n) is 3.18. The lowest BCUT2D eigenvalue weighted by atomic mass is 10.1. The Morgan fingerprint density at radius 3 is 2.93 bits per heavy atom. The summed E-state index contributed by atoms with van der Waals surface area (Å²) < 4.78 is 0. The maximum atomic E-state index is 6.29. The summed E-state index contributed by atoms with van der Waals surface area (Å²) in [7, 11) is 0. The summed E-state index contributed by atoms with van der Waals surface area (Å²) >= 11 is 0. The molecule has 2 heteroatoms. The quantitative estimate of drug-likeness (QED) is 0.794. The van der Waals surface area contributed by atoms with E-state index in [4.69, 9.17) is 5.73 Å². The van der Waals surface area contributed by atoms with Gasteiger partial charge in [-0.05, 0) is 37.3 Å². The van der Waals surface area contributed by atoms with Gasteiger partial charge in [-0.2, -0.15) is 0 Å². The van der Waals surface area contributed by atoms with Crippen molar-refractivity contribution in [2.75, 3.05) is 0 Å². The lowest BCUT2D eigenvalue weighted by molar-refractivity contribution is 0.570. The number of rotatable bonds is 3. The van der Waals surface area contributed by atoms with E-state index in [0.29, 0.717) is 5.92 Å². The molecule has 1 aromatic rings. The molecule has 2 unspecified atom stereocenters. The highest BCUT2D eigenvalue weighted by Crippen LogP contribution is 2.51. The molecule has 1 heterocycles. The van der Waals surface area contributed by atoms with E-state index in [9.17, 15) is 0 Å². The van der Waals surface area contributed by atoms with Gasteiger partial charge in [0.25, 0.3) is 0 Å². The van der Waals surface area contributed by atoms with Crippen LogP contribution in [0.3, 0.4) is 0 Å². The van der Waals surface area contributed by atoms with Gasteiger partial charge in [0, 0.05) is 6.20 Å². The van der Waals surface area contributed by atoms with E-state index >= 15 is 0 Å². The summed E-state index contributed by atoms with van der Waals surface area (Å²) in [5, 5.41) is 0. The van der Waals surface area contributed by atoms with Gasteiger partial charge in [-0.25, -0.2) is 0 Å². The molecule has 14 heavy (non-hydrogen) atoms. The molecule has 2 rings (SSSR count). The molecular weight excluding hydrogens is 172 g/mol. The Morgan fingerprint density at radius 1 is 1.57 bits per heavy atom.